The lowest BCUT2D eigenvalue weighted by atomic mass is 9.88. The normalized spacial score (nSPS) is 16.6. The number of carbonyl (C=O) groups is 1. The molecule has 1 fully saturated rings. The molecule has 0 bridgehead atoms. The van der Waals surface area contributed by atoms with E-state index in [-0.39, 0.29) is 17.9 Å². The molecule has 0 aliphatic carbocycles. The van der Waals surface area contributed by atoms with Crippen LogP contribution in [0, 0.1) is 0 Å². The lowest BCUT2D eigenvalue weighted by Gasteiger charge is -2.27. The Labute approximate surface area is 161 Å². The van der Waals surface area contributed by atoms with Gasteiger partial charge in [0, 0.05) is 18.9 Å². The van der Waals surface area contributed by atoms with Crippen LogP contribution in [-0.4, -0.2) is 17.4 Å². The van der Waals surface area contributed by atoms with Gasteiger partial charge in [-0.1, -0.05) is 91.0 Å². The monoisotopic (exact) mass is 355 g/mol. The van der Waals surface area contributed by atoms with Gasteiger partial charge in [-0.2, -0.15) is 0 Å². The van der Waals surface area contributed by atoms with E-state index in [1.54, 1.807) is 0 Å². The maximum atomic E-state index is 13.3. The van der Waals surface area contributed by atoms with Gasteiger partial charge in [0.1, 0.15) is 0 Å². The summed E-state index contributed by atoms with van der Waals surface area (Å²) in [6.07, 6.45) is 2.64. The van der Waals surface area contributed by atoms with Gasteiger partial charge in [0.15, 0.2) is 0 Å². The van der Waals surface area contributed by atoms with Crippen molar-refractivity contribution in [3.63, 3.8) is 0 Å². The molecule has 1 aliphatic rings. The third-order valence-electron chi connectivity index (χ3n) is 5.54. The van der Waals surface area contributed by atoms with Crippen LogP contribution in [-0.2, 0) is 4.79 Å². The molecule has 1 unspecified atom stereocenters. The lowest BCUT2D eigenvalue weighted by molar-refractivity contribution is -0.132. The average molecular weight is 355 g/mol. The maximum Gasteiger partial charge on any atom is 0.224 e. The second kappa shape index (κ2) is 8.22. The van der Waals surface area contributed by atoms with E-state index in [9.17, 15) is 4.79 Å². The van der Waals surface area contributed by atoms with Gasteiger partial charge in [0.05, 0.1) is 6.04 Å². The first-order valence-electron chi connectivity index (χ1n) is 9.77. The molecular weight excluding hydrogens is 330 g/mol. The van der Waals surface area contributed by atoms with Crippen LogP contribution in [0.15, 0.2) is 91.0 Å². The van der Waals surface area contributed by atoms with E-state index < -0.39 is 0 Å². The molecule has 0 N–H and O–H groups in total. The van der Waals surface area contributed by atoms with Crippen molar-refractivity contribution in [2.75, 3.05) is 6.54 Å². The SMILES string of the molecule is O=C(CC(c1ccccc1)c1ccccc1)N1CCCC1c1ccccc1. The molecule has 2 heteroatoms. The van der Waals surface area contributed by atoms with Crippen LogP contribution in [0.25, 0.3) is 0 Å². The molecule has 3 aromatic rings. The molecule has 3 aromatic carbocycles. The molecule has 4 rings (SSSR count). The number of likely N-dealkylation sites (tertiary alicyclic amines) is 1. The highest BCUT2D eigenvalue weighted by Crippen LogP contribution is 2.35. The van der Waals surface area contributed by atoms with Crippen molar-refractivity contribution >= 4 is 5.91 Å². The number of carbonyl (C=O) groups excluding carboxylic acids is 1. The zero-order valence-electron chi connectivity index (χ0n) is 15.5. The summed E-state index contributed by atoms with van der Waals surface area (Å²) in [5.41, 5.74) is 3.65. The predicted molar refractivity (Wildman–Crippen MR) is 109 cm³/mol. The Morgan fingerprint density at radius 2 is 1.33 bits per heavy atom. The largest absolute Gasteiger partial charge is 0.336 e. The first kappa shape index (κ1) is 17.5. The van der Waals surface area contributed by atoms with Crippen LogP contribution in [0.5, 0.6) is 0 Å². The Hall–Kier alpha value is -2.87. The van der Waals surface area contributed by atoms with E-state index in [0.717, 1.165) is 19.4 Å². The topological polar surface area (TPSA) is 20.3 Å². The van der Waals surface area contributed by atoms with Crippen molar-refractivity contribution in [2.24, 2.45) is 0 Å². The number of hydrogen-bond donors (Lipinski definition) is 0. The Morgan fingerprint density at radius 1 is 0.815 bits per heavy atom. The fourth-order valence-corrected chi connectivity index (χ4v) is 4.18. The molecule has 1 saturated heterocycles. The van der Waals surface area contributed by atoms with Crippen molar-refractivity contribution in [3.05, 3.63) is 108 Å². The third kappa shape index (κ3) is 3.95. The van der Waals surface area contributed by atoms with Crippen LogP contribution >= 0.6 is 0 Å². The molecule has 0 saturated carbocycles. The van der Waals surface area contributed by atoms with Gasteiger partial charge in [-0.15, -0.1) is 0 Å². The highest BCUT2D eigenvalue weighted by Gasteiger charge is 2.31. The molecule has 1 amide bonds. The Bertz CT molecular complexity index is 821. The molecule has 27 heavy (non-hydrogen) atoms. The number of rotatable bonds is 5. The van der Waals surface area contributed by atoms with Crippen molar-refractivity contribution in [1.29, 1.82) is 0 Å². The highest BCUT2D eigenvalue weighted by molar-refractivity contribution is 5.78. The van der Waals surface area contributed by atoms with Gasteiger partial charge in [0.2, 0.25) is 5.91 Å². The van der Waals surface area contributed by atoms with Gasteiger partial charge in [-0.25, -0.2) is 0 Å². The van der Waals surface area contributed by atoms with Gasteiger partial charge in [0.25, 0.3) is 0 Å². The second-order valence-electron chi connectivity index (χ2n) is 7.23. The smallest absolute Gasteiger partial charge is 0.224 e. The second-order valence-corrected chi connectivity index (χ2v) is 7.23. The minimum Gasteiger partial charge on any atom is -0.336 e. The predicted octanol–water partition coefficient (Wildman–Crippen LogP) is 5.57. The summed E-state index contributed by atoms with van der Waals surface area (Å²) < 4.78 is 0. The molecule has 1 atom stereocenters. The van der Waals surface area contributed by atoms with Crippen LogP contribution in [0.1, 0.15) is 47.9 Å². The fraction of sp³-hybridized carbons (Fsp3) is 0.240. The minimum absolute atomic E-state index is 0.0944. The van der Waals surface area contributed by atoms with Crippen LogP contribution in [0.3, 0.4) is 0 Å². The van der Waals surface area contributed by atoms with E-state index in [0.29, 0.717) is 6.42 Å². The molecule has 2 nitrogen and oxygen atoms in total. The summed E-state index contributed by atoms with van der Waals surface area (Å²) in [4.78, 5) is 15.4. The van der Waals surface area contributed by atoms with Crippen LogP contribution in [0.2, 0.25) is 0 Å². The summed E-state index contributed by atoms with van der Waals surface area (Å²) >= 11 is 0. The van der Waals surface area contributed by atoms with E-state index >= 15 is 0 Å². The lowest BCUT2D eigenvalue weighted by Crippen LogP contribution is -2.31. The first-order valence-corrected chi connectivity index (χ1v) is 9.77. The molecule has 0 radical (unpaired) electrons. The standard InChI is InChI=1S/C25H25NO/c27-25(26-18-10-17-24(26)22-15-8-3-9-16-22)19-23(20-11-4-1-5-12-20)21-13-6-2-7-14-21/h1-9,11-16,23-24H,10,17-19H2. The van der Waals surface area contributed by atoms with Gasteiger partial charge in [-0.05, 0) is 29.5 Å². The Balaban J connectivity index is 1.58. The van der Waals surface area contributed by atoms with Crippen LogP contribution in [0.4, 0.5) is 0 Å². The Morgan fingerprint density at radius 3 is 1.89 bits per heavy atom. The molecule has 1 aliphatic heterocycles. The number of nitrogens with zero attached hydrogens (tertiary/aromatic N) is 1. The minimum atomic E-state index is 0.0944. The summed E-state index contributed by atoms with van der Waals surface area (Å²) in [6, 6.07) is 31.4. The number of benzene rings is 3. The third-order valence-corrected chi connectivity index (χ3v) is 5.54. The van der Waals surface area contributed by atoms with Crippen molar-refractivity contribution in [3.8, 4) is 0 Å². The van der Waals surface area contributed by atoms with Crippen molar-refractivity contribution in [1.82, 2.24) is 4.90 Å². The zero-order valence-corrected chi connectivity index (χ0v) is 15.5. The van der Waals surface area contributed by atoms with Crippen LogP contribution < -0.4 is 0 Å². The average Bonchev–Trinajstić information content (AvgIpc) is 3.24. The molecule has 0 spiro atoms. The van der Waals surface area contributed by atoms with Gasteiger partial charge < -0.3 is 4.90 Å². The van der Waals surface area contributed by atoms with Gasteiger partial charge in [-0.3, -0.25) is 4.79 Å². The van der Waals surface area contributed by atoms with E-state index in [1.165, 1.54) is 16.7 Å². The number of amides is 1. The van der Waals surface area contributed by atoms with E-state index in [2.05, 4.69) is 77.7 Å². The number of hydrogen-bond acceptors (Lipinski definition) is 1. The first-order chi connectivity index (χ1) is 13.3. The highest BCUT2D eigenvalue weighted by atomic mass is 16.2. The zero-order chi connectivity index (χ0) is 18.5. The Kier molecular flexibility index (Phi) is 5.34. The van der Waals surface area contributed by atoms with E-state index in [4.69, 9.17) is 0 Å². The van der Waals surface area contributed by atoms with Crippen molar-refractivity contribution < 1.29 is 4.79 Å². The molecule has 136 valence electrons. The quantitative estimate of drug-likeness (QED) is 0.586. The summed E-state index contributed by atoms with van der Waals surface area (Å²) in [6.45, 7) is 0.856. The molecular formula is C25H25NO. The summed E-state index contributed by atoms with van der Waals surface area (Å²) in [5, 5.41) is 0. The maximum absolute atomic E-state index is 13.3. The molecule has 0 aromatic heterocycles. The molecule has 1 heterocycles. The fourth-order valence-electron chi connectivity index (χ4n) is 4.18. The van der Waals surface area contributed by atoms with E-state index in [1.807, 2.05) is 18.2 Å². The van der Waals surface area contributed by atoms with Gasteiger partial charge >= 0.3 is 0 Å². The van der Waals surface area contributed by atoms with Crippen molar-refractivity contribution in [2.45, 2.75) is 31.2 Å². The summed E-state index contributed by atoms with van der Waals surface area (Å²) in [5.74, 6) is 0.344. The summed E-state index contributed by atoms with van der Waals surface area (Å²) in [7, 11) is 0.